The molecule has 0 atom stereocenters. The second kappa shape index (κ2) is 4.81. The summed E-state index contributed by atoms with van der Waals surface area (Å²) in [5, 5.41) is 2.16. The summed E-state index contributed by atoms with van der Waals surface area (Å²) in [6.07, 6.45) is 2.49. The molecule has 0 amide bonds. The van der Waals surface area contributed by atoms with E-state index in [-0.39, 0.29) is 17.9 Å². The first-order valence-electron chi connectivity index (χ1n) is 5.85. The van der Waals surface area contributed by atoms with Crippen molar-refractivity contribution in [3.05, 3.63) is 0 Å². The average molecular weight is 251 g/mol. The first kappa shape index (κ1) is 16.2. The summed E-state index contributed by atoms with van der Waals surface area (Å²) in [4.78, 5) is 6.00. The number of piperidine rings is 1. The molecule has 0 aromatic carbocycles. The van der Waals surface area contributed by atoms with Crippen molar-refractivity contribution in [3.63, 3.8) is 0 Å². The van der Waals surface area contributed by atoms with Crippen LogP contribution in [0.5, 0.6) is 0 Å². The van der Waals surface area contributed by atoms with Gasteiger partial charge in [-0.2, -0.15) is 4.65 Å². The van der Waals surface area contributed by atoms with Gasteiger partial charge in [0.1, 0.15) is 0 Å². The van der Waals surface area contributed by atoms with E-state index in [1.54, 1.807) is 0 Å². The number of halogens is 1. The van der Waals surface area contributed by atoms with Crippen LogP contribution < -0.4 is 12.4 Å². The summed E-state index contributed by atoms with van der Waals surface area (Å²) in [5.41, 5.74) is 0.400. The molecule has 98 valence electrons. The van der Waals surface area contributed by atoms with Gasteiger partial charge in [-0.05, 0) is 32.1 Å². The smallest absolute Gasteiger partial charge is 0.1000 e. The summed E-state index contributed by atoms with van der Waals surface area (Å²) >= 11 is 0. The fraction of sp³-hybridized carbons (Fsp3) is 1.00. The van der Waals surface area contributed by atoms with Gasteiger partial charge in [0.25, 0.3) is 0 Å². The number of nitrogens with zero attached hydrogens (tertiary/aromatic N) is 2. The molecule has 0 spiro atoms. The van der Waals surface area contributed by atoms with E-state index in [1.807, 2.05) is 0 Å². The topological polar surface area (TPSA) is 12.5 Å². The van der Waals surface area contributed by atoms with Crippen molar-refractivity contribution >= 4 is 0 Å². The molecule has 1 aliphatic heterocycles. The summed E-state index contributed by atoms with van der Waals surface area (Å²) in [6, 6.07) is 0. The maximum Gasteiger partial charge on any atom is 0.1000 e. The van der Waals surface area contributed by atoms with E-state index in [9.17, 15) is 0 Å². The van der Waals surface area contributed by atoms with Crippen molar-refractivity contribution in [3.8, 4) is 0 Å². The van der Waals surface area contributed by atoms with Crippen LogP contribution in [0.2, 0.25) is 0 Å². The Bertz CT molecular complexity index is 234. The molecule has 0 radical (unpaired) electrons. The van der Waals surface area contributed by atoms with E-state index in [0.717, 1.165) is 6.54 Å². The van der Waals surface area contributed by atoms with E-state index in [2.05, 4.69) is 53.9 Å². The number of hydrogen-bond donors (Lipinski definition) is 0. The quantitative estimate of drug-likeness (QED) is 0.482. The molecule has 0 bridgehead atoms. The normalized spacial score (nSPS) is 24.9. The molecule has 4 heteroatoms. The van der Waals surface area contributed by atoms with Crippen molar-refractivity contribution in [2.75, 3.05) is 27.7 Å². The third-order valence-corrected chi connectivity index (χ3v) is 3.79. The minimum atomic E-state index is 0. The maximum absolute atomic E-state index is 6.00. The maximum atomic E-state index is 6.00. The minimum absolute atomic E-state index is 0. The fourth-order valence-electron chi connectivity index (χ4n) is 2.03. The van der Waals surface area contributed by atoms with Crippen LogP contribution >= 0.6 is 0 Å². The molecule has 1 heterocycles. The molecule has 1 saturated heterocycles. The van der Waals surface area contributed by atoms with Crippen molar-refractivity contribution in [1.29, 1.82) is 0 Å². The van der Waals surface area contributed by atoms with Crippen LogP contribution in [0.15, 0.2) is 0 Å². The van der Waals surface area contributed by atoms with Gasteiger partial charge in [-0.1, -0.05) is 13.8 Å². The van der Waals surface area contributed by atoms with Crippen molar-refractivity contribution < 1.29 is 22.0 Å². The molecule has 3 nitrogen and oxygen atoms in total. The predicted molar refractivity (Wildman–Crippen MR) is 62.9 cm³/mol. The zero-order valence-electron chi connectivity index (χ0n) is 11.8. The second-order valence-electron chi connectivity index (χ2n) is 6.62. The van der Waals surface area contributed by atoms with Gasteiger partial charge in [0.2, 0.25) is 0 Å². The lowest BCUT2D eigenvalue weighted by molar-refractivity contribution is -1.09. The monoisotopic (exact) mass is 250 g/mol. The number of hydroxylamine groups is 5. The van der Waals surface area contributed by atoms with Crippen molar-refractivity contribution in [2.24, 2.45) is 5.41 Å². The molecule has 0 aromatic heterocycles. The third-order valence-electron chi connectivity index (χ3n) is 3.79. The molecule has 1 rings (SSSR count). The van der Waals surface area contributed by atoms with Gasteiger partial charge in [0.15, 0.2) is 0 Å². The molecule has 0 unspecified atom stereocenters. The summed E-state index contributed by atoms with van der Waals surface area (Å²) in [7, 11) is 6.16. The Morgan fingerprint density at radius 2 is 1.56 bits per heavy atom. The minimum Gasteiger partial charge on any atom is -1.00 e. The fourth-order valence-corrected chi connectivity index (χ4v) is 2.03. The van der Waals surface area contributed by atoms with E-state index < -0.39 is 0 Å². The third kappa shape index (κ3) is 3.33. The van der Waals surface area contributed by atoms with Crippen LogP contribution in [0, 0.1) is 5.41 Å². The molecular weight excluding hydrogens is 224 g/mol. The zero-order chi connectivity index (χ0) is 11.9. The van der Waals surface area contributed by atoms with Crippen LogP contribution in [0.1, 0.15) is 40.5 Å². The highest BCUT2D eigenvalue weighted by atomic mass is 35.5. The molecule has 1 aliphatic rings. The van der Waals surface area contributed by atoms with Crippen LogP contribution in [-0.2, 0) is 4.94 Å². The van der Waals surface area contributed by atoms with Gasteiger partial charge in [-0.25, -0.2) is 0 Å². The highest BCUT2D eigenvalue weighted by Crippen LogP contribution is 2.43. The number of quaternary nitrogens is 1. The molecular formula is C12H27ClN2O. The van der Waals surface area contributed by atoms with Crippen LogP contribution in [0.3, 0.4) is 0 Å². The first-order valence-corrected chi connectivity index (χ1v) is 5.85. The van der Waals surface area contributed by atoms with Crippen molar-refractivity contribution in [2.45, 2.75) is 46.1 Å². The highest BCUT2D eigenvalue weighted by Gasteiger charge is 2.47. The Morgan fingerprint density at radius 1 is 1.06 bits per heavy atom. The summed E-state index contributed by atoms with van der Waals surface area (Å²) in [6.45, 7) is 10.3. The van der Waals surface area contributed by atoms with E-state index in [1.165, 1.54) is 12.8 Å². The van der Waals surface area contributed by atoms with Crippen LogP contribution in [0.4, 0.5) is 0 Å². The van der Waals surface area contributed by atoms with Gasteiger partial charge in [-0.15, -0.1) is 10.0 Å². The molecule has 0 saturated carbocycles. The lowest BCUT2D eigenvalue weighted by Gasteiger charge is -2.52. The molecule has 0 aromatic rings. The molecule has 0 N–H and O–H groups in total. The van der Waals surface area contributed by atoms with Gasteiger partial charge in [-0.3, -0.25) is 0 Å². The Kier molecular flexibility index (Phi) is 4.86. The Hall–Kier alpha value is 0.170. The van der Waals surface area contributed by atoms with Crippen molar-refractivity contribution in [1.82, 2.24) is 5.06 Å². The first-order chi connectivity index (χ1) is 6.56. The standard InChI is InChI=1S/C12H27N2O.ClH/c1-11(2)9-8-10-13(12(11,3)4)15-14(5,6)7;/h8-10H2,1-7H3;1H/q+1;/p-1. The van der Waals surface area contributed by atoms with Crippen LogP contribution in [0.25, 0.3) is 0 Å². The average Bonchev–Trinajstić information content (AvgIpc) is 1.97. The molecule has 16 heavy (non-hydrogen) atoms. The van der Waals surface area contributed by atoms with E-state index in [0.29, 0.717) is 10.1 Å². The largest absolute Gasteiger partial charge is 1.00 e. The van der Waals surface area contributed by atoms with E-state index >= 15 is 0 Å². The zero-order valence-corrected chi connectivity index (χ0v) is 12.6. The predicted octanol–water partition coefficient (Wildman–Crippen LogP) is -0.556. The van der Waals surface area contributed by atoms with Crippen LogP contribution in [-0.4, -0.2) is 42.9 Å². The van der Waals surface area contributed by atoms with Gasteiger partial charge in [0.05, 0.1) is 26.7 Å². The number of hydrogen-bond acceptors (Lipinski definition) is 2. The Morgan fingerprint density at radius 3 is 2.00 bits per heavy atom. The highest BCUT2D eigenvalue weighted by molar-refractivity contribution is 4.95. The lowest BCUT2D eigenvalue weighted by atomic mass is 9.69. The lowest BCUT2D eigenvalue weighted by Crippen LogP contribution is -3.00. The molecule has 1 fully saturated rings. The second-order valence-corrected chi connectivity index (χ2v) is 6.62. The summed E-state index contributed by atoms with van der Waals surface area (Å²) in [5.74, 6) is 0. The van der Waals surface area contributed by atoms with Gasteiger partial charge < -0.3 is 12.4 Å². The summed E-state index contributed by atoms with van der Waals surface area (Å²) < 4.78 is 0.527. The van der Waals surface area contributed by atoms with Gasteiger partial charge >= 0.3 is 0 Å². The Labute approximate surface area is 107 Å². The van der Waals surface area contributed by atoms with Gasteiger partial charge in [0, 0.05) is 6.54 Å². The van der Waals surface area contributed by atoms with E-state index in [4.69, 9.17) is 4.94 Å². The SMILES string of the molecule is CC1(C)CCCN(O[N+](C)(C)C)C1(C)C.[Cl-]. The number of rotatable bonds is 2. The Balaban J connectivity index is 0.00000225. The molecule has 0 aliphatic carbocycles.